The van der Waals surface area contributed by atoms with Crippen molar-refractivity contribution in [2.24, 2.45) is 5.92 Å². The van der Waals surface area contributed by atoms with E-state index in [1.807, 2.05) is 0 Å². The van der Waals surface area contributed by atoms with Gasteiger partial charge in [-0.25, -0.2) is 14.0 Å². The lowest BCUT2D eigenvalue weighted by Gasteiger charge is -2.44. The van der Waals surface area contributed by atoms with Gasteiger partial charge in [-0.05, 0) is 79.7 Å². The van der Waals surface area contributed by atoms with E-state index in [1.54, 1.807) is 30.3 Å². The minimum absolute atomic E-state index is 0.0226. The van der Waals surface area contributed by atoms with Crippen molar-refractivity contribution in [2.75, 3.05) is 38.8 Å². The molecule has 3 aliphatic heterocycles. The number of thiophene rings is 1. The average molecular weight is 732 g/mol. The maximum Gasteiger partial charge on any atom is 0.415 e. The molecule has 2 N–H and O–H groups in total. The number of benzene rings is 2. The lowest BCUT2D eigenvalue weighted by atomic mass is 9.85. The Hall–Kier alpha value is -4.10. The number of nitrogens with zero attached hydrogens (tertiary/aromatic N) is 3. The molecule has 2 bridgehead atoms. The van der Waals surface area contributed by atoms with Gasteiger partial charge in [-0.2, -0.15) is 0 Å². The van der Waals surface area contributed by atoms with E-state index in [0.29, 0.717) is 39.6 Å². The Morgan fingerprint density at radius 1 is 1.06 bits per heavy atom. The van der Waals surface area contributed by atoms with E-state index in [0.717, 1.165) is 42.0 Å². The van der Waals surface area contributed by atoms with Gasteiger partial charge in [0.15, 0.2) is 11.5 Å². The summed E-state index contributed by atoms with van der Waals surface area (Å²) in [4.78, 5) is 30.6. The van der Waals surface area contributed by atoms with Gasteiger partial charge in [0, 0.05) is 27.6 Å². The van der Waals surface area contributed by atoms with Crippen LogP contribution < -0.4 is 19.1 Å². The number of halogens is 3. The fraction of sp³-hybridized carbons (Fsp3) is 0.343. The first kappa shape index (κ1) is 34.8. The molecule has 1 amide bonds. The molecule has 4 aromatic rings. The lowest BCUT2D eigenvalue weighted by Crippen LogP contribution is -2.53. The highest BCUT2D eigenvalue weighted by molar-refractivity contribution is 7.14. The quantitative estimate of drug-likeness (QED) is 0.125. The molecule has 10 nitrogen and oxygen atoms in total. The van der Waals surface area contributed by atoms with Gasteiger partial charge in [0.25, 0.3) is 0 Å². The van der Waals surface area contributed by atoms with Crippen LogP contribution >= 0.6 is 34.5 Å². The zero-order chi connectivity index (χ0) is 34.8. The average Bonchev–Trinajstić information content (AvgIpc) is 3.51. The van der Waals surface area contributed by atoms with Crippen LogP contribution in [0.4, 0.5) is 14.9 Å². The summed E-state index contributed by atoms with van der Waals surface area (Å²) in [5.74, 6) is -1.28. The number of para-hydroxylation sites is 1. The topological polar surface area (TPSA) is 113 Å². The molecule has 0 spiro atoms. The summed E-state index contributed by atoms with van der Waals surface area (Å²) in [6, 6.07) is 12.9. The van der Waals surface area contributed by atoms with Crippen LogP contribution in [-0.2, 0) is 17.7 Å². The Morgan fingerprint density at radius 2 is 1.76 bits per heavy atom. The molecule has 0 saturated carbocycles. The first-order valence-electron chi connectivity index (χ1n) is 15.7. The third kappa shape index (κ3) is 7.42. The SMILES string of the molecule is COc1ccc([C@H](Cc2c(Cl)c[n+](O)cc2Cl)c2cc(CN(C(=O)O[C@@H]3CN4CCC3CC4)c3ccccc3F)sc2C(=O)O)cc1OC. The second-order valence-electron chi connectivity index (χ2n) is 12.1. The number of amides is 1. The highest BCUT2D eigenvalue weighted by Crippen LogP contribution is 2.41. The number of carbonyl (C=O) groups is 2. The number of hydrogen-bond acceptors (Lipinski definition) is 8. The number of anilines is 1. The van der Waals surface area contributed by atoms with Crippen molar-refractivity contribution >= 4 is 52.3 Å². The molecule has 3 saturated heterocycles. The fourth-order valence-corrected chi connectivity index (χ4v) is 8.34. The summed E-state index contributed by atoms with van der Waals surface area (Å²) in [7, 11) is 3.01. The largest absolute Gasteiger partial charge is 0.493 e. The number of ether oxygens (including phenoxy) is 3. The monoisotopic (exact) mass is 730 g/mol. The fourth-order valence-electron chi connectivity index (χ4n) is 6.69. The van der Waals surface area contributed by atoms with Crippen molar-refractivity contribution in [2.45, 2.75) is 37.8 Å². The molecule has 7 rings (SSSR count). The molecule has 258 valence electrons. The predicted octanol–water partition coefficient (Wildman–Crippen LogP) is 7.05. The van der Waals surface area contributed by atoms with E-state index in [4.69, 9.17) is 37.4 Å². The van der Waals surface area contributed by atoms with Gasteiger partial charge in [-0.15, -0.1) is 11.3 Å². The maximum atomic E-state index is 15.3. The lowest BCUT2D eigenvalue weighted by molar-refractivity contribution is -0.904. The molecule has 2 atom stereocenters. The summed E-state index contributed by atoms with van der Waals surface area (Å²) in [6.45, 7) is 2.42. The highest BCUT2D eigenvalue weighted by Gasteiger charge is 2.38. The molecule has 2 aromatic heterocycles. The Balaban J connectivity index is 1.41. The number of hydrogen-bond donors (Lipinski definition) is 2. The summed E-state index contributed by atoms with van der Waals surface area (Å²) >= 11 is 14.1. The van der Waals surface area contributed by atoms with Gasteiger partial charge in [-0.1, -0.05) is 41.4 Å². The van der Waals surface area contributed by atoms with Gasteiger partial charge in [-0.3, -0.25) is 15.0 Å². The number of rotatable bonds is 11. The number of methoxy groups -OCH3 is 2. The number of piperidine rings is 3. The number of carbonyl (C=O) groups excluding carboxylic acids is 1. The maximum absolute atomic E-state index is 15.3. The molecule has 5 heterocycles. The Morgan fingerprint density at radius 3 is 2.37 bits per heavy atom. The Labute approximate surface area is 296 Å². The normalized spacial score (nSPS) is 18.9. The van der Waals surface area contributed by atoms with Crippen LogP contribution in [0.2, 0.25) is 10.0 Å². The van der Waals surface area contributed by atoms with Crippen LogP contribution in [0.15, 0.2) is 60.9 Å². The van der Waals surface area contributed by atoms with E-state index < -0.39 is 23.8 Å². The second kappa shape index (κ2) is 14.8. The van der Waals surface area contributed by atoms with Crippen molar-refractivity contribution in [3.05, 3.63) is 103 Å². The predicted molar refractivity (Wildman–Crippen MR) is 182 cm³/mol. The summed E-state index contributed by atoms with van der Waals surface area (Å²) in [5, 5.41) is 20.8. The Kier molecular flexibility index (Phi) is 10.5. The van der Waals surface area contributed by atoms with Crippen LogP contribution in [0.3, 0.4) is 0 Å². The van der Waals surface area contributed by atoms with Crippen LogP contribution in [0, 0.1) is 11.7 Å². The van der Waals surface area contributed by atoms with Crippen LogP contribution in [0.1, 0.15) is 50.0 Å². The van der Waals surface area contributed by atoms with E-state index in [-0.39, 0.29) is 45.6 Å². The van der Waals surface area contributed by atoms with Crippen molar-refractivity contribution in [3.63, 3.8) is 0 Å². The number of aromatic carboxylic acids is 1. The standard InChI is InChI=1S/C35H34Cl2FN3O7S/c1-46-30-8-7-21(13-31(30)47-2)23(15-25-26(36)17-40(45)18-27(25)37)24-14-22(49-33(24)34(42)43)16-41(29-6-4-3-5-28(29)38)35(44)48-32-19-39-11-9-20(32)10-12-39/h3-8,13-14,17-18,20,23,32H,9-12,15-16,19H2,1-2H3,(H-,42,43,45)/p+1/t23-,32+/m0/s1. The summed E-state index contributed by atoms with van der Waals surface area (Å²) in [6.07, 6.45) is 3.57. The van der Waals surface area contributed by atoms with Crippen molar-refractivity contribution in [1.29, 1.82) is 0 Å². The van der Waals surface area contributed by atoms with E-state index >= 15 is 4.39 Å². The summed E-state index contributed by atoms with van der Waals surface area (Å²) in [5.41, 5.74) is 1.60. The number of pyridine rings is 1. The molecule has 0 aliphatic carbocycles. The minimum atomic E-state index is -1.18. The number of carboxylic acid groups (broad SMARTS) is 1. The molecule has 2 aromatic carbocycles. The third-order valence-corrected chi connectivity index (χ3v) is 11.0. The van der Waals surface area contributed by atoms with Crippen LogP contribution in [0.5, 0.6) is 11.5 Å². The zero-order valence-corrected chi connectivity index (χ0v) is 29.1. The van der Waals surface area contributed by atoms with E-state index in [9.17, 15) is 19.9 Å². The van der Waals surface area contributed by atoms with E-state index in [2.05, 4.69) is 4.90 Å². The molecule has 0 radical (unpaired) electrons. The first-order chi connectivity index (χ1) is 23.6. The van der Waals surface area contributed by atoms with Crippen molar-refractivity contribution in [3.8, 4) is 11.5 Å². The summed E-state index contributed by atoms with van der Waals surface area (Å²) < 4.78 is 33.0. The zero-order valence-electron chi connectivity index (χ0n) is 26.8. The molecular formula is C35H35Cl2FN3O7S+. The molecule has 0 unspecified atom stereocenters. The molecule has 3 aliphatic rings. The van der Waals surface area contributed by atoms with Gasteiger partial charge < -0.3 is 19.3 Å². The minimum Gasteiger partial charge on any atom is -0.493 e. The number of aromatic nitrogens is 1. The number of carboxylic acids is 1. The van der Waals surface area contributed by atoms with Crippen molar-refractivity contribution in [1.82, 2.24) is 4.90 Å². The molecular weight excluding hydrogens is 696 g/mol. The molecule has 3 fully saturated rings. The number of fused-ring (bicyclic) bond motifs is 3. The smallest absolute Gasteiger partial charge is 0.415 e. The van der Waals surface area contributed by atoms with Gasteiger partial charge in [0.1, 0.15) is 26.8 Å². The third-order valence-electron chi connectivity index (χ3n) is 9.19. The first-order valence-corrected chi connectivity index (χ1v) is 17.2. The van der Waals surface area contributed by atoms with Crippen molar-refractivity contribution < 1.29 is 43.2 Å². The van der Waals surface area contributed by atoms with Gasteiger partial charge in [0.05, 0.1) is 26.5 Å². The van der Waals surface area contributed by atoms with Gasteiger partial charge >= 0.3 is 12.1 Å². The van der Waals surface area contributed by atoms with Gasteiger partial charge in [0.2, 0.25) is 12.4 Å². The Bertz CT molecular complexity index is 1840. The molecule has 49 heavy (non-hydrogen) atoms. The molecule has 14 heteroatoms. The van der Waals surface area contributed by atoms with E-state index in [1.165, 1.54) is 49.7 Å². The van der Waals surface area contributed by atoms with Crippen LogP contribution in [0.25, 0.3) is 0 Å². The highest BCUT2D eigenvalue weighted by atomic mass is 35.5. The second-order valence-corrected chi connectivity index (χ2v) is 14.0. The van der Waals surface area contributed by atoms with Crippen LogP contribution in [-0.4, -0.2) is 67.2 Å².